The van der Waals surface area contributed by atoms with Gasteiger partial charge in [-0.3, -0.25) is 0 Å². The van der Waals surface area contributed by atoms with Crippen molar-refractivity contribution in [3.63, 3.8) is 0 Å². The van der Waals surface area contributed by atoms with Gasteiger partial charge in [-0.05, 0) is 18.2 Å². The number of hydrogen-bond acceptors (Lipinski definition) is 6. The van der Waals surface area contributed by atoms with E-state index >= 15 is 0 Å². The Labute approximate surface area is 105 Å². The summed E-state index contributed by atoms with van der Waals surface area (Å²) in [5.41, 5.74) is 5.26. The number of rotatable bonds is 5. The minimum Gasteiger partial charge on any atom is -0.506 e. The predicted molar refractivity (Wildman–Crippen MR) is 65.7 cm³/mol. The van der Waals surface area contributed by atoms with Crippen molar-refractivity contribution < 1.29 is 21.9 Å². The molecule has 0 aliphatic heterocycles. The molecule has 0 aliphatic rings. The summed E-state index contributed by atoms with van der Waals surface area (Å²) < 4.78 is 46.7. The van der Waals surface area contributed by atoms with Crippen LogP contribution in [0.5, 0.6) is 5.75 Å². The molecular weight excluding hydrogens is 282 g/mol. The van der Waals surface area contributed by atoms with Gasteiger partial charge in [-0.2, -0.15) is 0 Å². The Morgan fingerprint density at radius 2 is 1.83 bits per heavy atom. The summed E-state index contributed by atoms with van der Waals surface area (Å²) in [5.74, 6) is -0.752. The molecule has 102 valence electrons. The monoisotopic (exact) mass is 295 g/mol. The maximum Gasteiger partial charge on any atom is 0.240 e. The Hall–Kier alpha value is -1.36. The molecule has 0 amide bonds. The summed E-state index contributed by atoms with van der Waals surface area (Å²) in [6.45, 7) is -0.345. The van der Waals surface area contributed by atoms with E-state index in [0.29, 0.717) is 0 Å². The molecule has 1 rings (SSSR count). The average Bonchev–Trinajstić information content (AvgIpc) is 2.19. The van der Waals surface area contributed by atoms with E-state index in [2.05, 4.69) is 4.72 Å². The fourth-order valence-corrected chi connectivity index (χ4v) is 2.68. The van der Waals surface area contributed by atoms with Gasteiger partial charge < -0.3 is 10.8 Å². The third-order valence-corrected chi connectivity index (χ3v) is 4.22. The summed E-state index contributed by atoms with van der Waals surface area (Å²) in [6.07, 6.45) is 0. The summed E-state index contributed by atoms with van der Waals surface area (Å²) in [5, 5.41) is 13.9. The van der Waals surface area contributed by atoms with E-state index in [1.165, 1.54) is 0 Å². The highest BCUT2D eigenvalue weighted by atomic mass is 32.2. The van der Waals surface area contributed by atoms with Crippen molar-refractivity contribution in [1.29, 1.82) is 0 Å². The number of nitrogens with one attached hydrogen (secondary N) is 1. The van der Waals surface area contributed by atoms with E-state index < -0.39 is 25.8 Å². The van der Waals surface area contributed by atoms with Crippen LogP contribution in [0.2, 0.25) is 0 Å². The van der Waals surface area contributed by atoms with E-state index in [0.717, 1.165) is 18.2 Å². The van der Waals surface area contributed by atoms with Gasteiger partial charge in [-0.15, -0.1) is 0 Å². The SMILES string of the molecule is Nc1cc(S(=O)(=O)NCCS(N)(=O)=O)ccc1O. The maximum atomic E-state index is 11.7. The first-order valence-electron chi connectivity index (χ1n) is 4.70. The van der Waals surface area contributed by atoms with Crippen LogP contribution >= 0.6 is 0 Å². The minimum absolute atomic E-state index is 0.0932. The first-order valence-corrected chi connectivity index (χ1v) is 7.90. The van der Waals surface area contributed by atoms with Gasteiger partial charge in [-0.1, -0.05) is 0 Å². The second-order valence-electron chi connectivity index (χ2n) is 3.49. The molecule has 0 aromatic heterocycles. The molecule has 0 saturated carbocycles. The summed E-state index contributed by atoms with van der Waals surface area (Å²) in [4.78, 5) is -0.174. The lowest BCUT2D eigenvalue weighted by Gasteiger charge is -2.07. The first-order chi connectivity index (χ1) is 8.12. The number of nitrogens with two attached hydrogens (primary N) is 2. The van der Waals surface area contributed by atoms with Gasteiger partial charge in [0, 0.05) is 6.54 Å². The van der Waals surface area contributed by atoms with E-state index in [4.69, 9.17) is 16.0 Å². The molecule has 1 aromatic carbocycles. The molecule has 10 heteroatoms. The number of phenols is 1. The van der Waals surface area contributed by atoms with Crippen LogP contribution in [0.4, 0.5) is 5.69 Å². The normalized spacial score (nSPS) is 12.5. The van der Waals surface area contributed by atoms with Crippen LogP contribution < -0.4 is 15.6 Å². The number of sulfonamides is 2. The number of benzene rings is 1. The molecule has 0 bridgehead atoms. The molecule has 6 N–H and O–H groups in total. The first kappa shape index (κ1) is 14.7. The van der Waals surface area contributed by atoms with Crippen molar-refractivity contribution >= 4 is 25.7 Å². The number of anilines is 1. The molecule has 1 aromatic rings. The van der Waals surface area contributed by atoms with Crippen molar-refractivity contribution in [2.45, 2.75) is 4.90 Å². The number of phenolic OH excluding ortho intramolecular Hbond substituents is 1. The fourth-order valence-electron chi connectivity index (χ4n) is 1.10. The van der Waals surface area contributed by atoms with Crippen molar-refractivity contribution in [2.75, 3.05) is 18.0 Å². The maximum absolute atomic E-state index is 11.7. The molecule has 0 spiro atoms. The summed E-state index contributed by atoms with van der Waals surface area (Å²) in [7, 11) is -7.62. The van der Waals surface area contributed by atoms with E-state index in [-0.39, 0.29) is 22.9 Å². The van der Waals surface area contributed by atoms with Crippen molar-refractivity contribution in [2.24, 2.45) is 5.14 Å². The Bertz CT molecular complexity index is 639. The van der Waals surface area contributed by atoms with Gasteiger partial charge in [0.15, 0.2) is 0 Å². The van der Waals surface area contributed by atoms with Gasteiger partial charge in [0.1, 0.15) is 5.75 Å². The minimum atomic E-state index is -3.88. The zero-order chi connectivity index (χ0) is 14.0. The van der Waals surface area contributed by atoms with Gasteiger partial charge in [0.2, 0.25) is 20.0 Å². The Morgan fingerprint density at radius 1 is 1.22 bits per heavy atom. The topological polar surface area (TPSA) is 153 Å². The third kappa shape index (κ3) is 4.14. The van der Waals surface area contributed by atoms with Crippen molar-refractivity contribution in [1.82, 2.24) is 4.72 Å². The van der Waals surface area contributed by atoms with Crippen molar-refractivity contribution in [3.05, 3.63) is 18.2 Å². The van der Waals surface area contributed by atoms with Crippen molar-refractivity contribution in [3.8, 4) is 5.75 Å². The van der Waals surface area contributed by atoms with Crippen LogP contribution in [0, 0.1) is 0 Å². The standard InChI is InChI=1S/C8H13N3O5S2/c9-7-5-6(1-2-8(7)12)18(15,16)11-3-4-17(10,13)14/h1-2,5,11-12H,3-4,9H2,(H2,10,13,14). The molecule has 0 saturated heterocycles. The lowest BCUT2D eigenvalue weighted by Crippen LogP contribution is -2.31. The summed E-state index contributed by atoms with van der Waals surface area (Å²) in [6, 6.07) is 3.34. The van der Waals surface area contributed by atoms with Crippen LogP contribution in [0.25, 0.3) is 0 Å². The molecule has 0 unspecified atom stereocenters. The fraction of sp³-hybridized carbons (Fsp3) is 0.250. The molecular formula is C8H13N3O5S2. The smallest absolute Gasteiger partial charge is 0.240 e. The average molecular weight is 295 g/mol. The Morgan fingerprint density at radius 3 is 2.33 bits per heavy atom. The van der Waals surface area contributed by atoms with Gasteiger partial charge in [-0.25, -0.2) is 26.7 Å². The third-order valence-electron chi connectivity index (χ3n) is 1.99. The quantitative estimate of drug-likeness (QED) is 0.385. The zero-order valence-electron chi connectivity index (χ0n) is 9.20. The highest BCUT2D eigenvalue weighted by Gasteiger charge is 2.15. The van der Waals surface area contributed by atoms with E-state index in [1.54, 1.807) is 0 Å². The summed E-state index contributed by atoms with van der Waals surface area (Å²) >= 11 is 0. The second-order valence-corrected chi connectivity index (χ2v) is 6.99. The molecule has 0 radical (unpaired) electrons. The Kier molecular flexibility index (Phi) is 4.16. The largest absolute Gasteiger partial charge is 0.506 e. The number of primary sulfonamides is 1. The number of nitrogen functional groups attached to an aromatic ring is 1. The Balaban J connectivity index is 2.84. The zero-order valence-corrected chi connectivity index (χ0v) is 10.8. The molecule has 0 aliphatic carbocycles. The lowest BCUT2D eigenvalue weighted by atomic mass is 10.3. The molecule has 0 atom stereocenters. The van der Waals surface area contributed by atoms with E-state index in [1.807, 2.05) is 0 Å². The van der Waals surface area contributed by atoms with Crippen LogP contribution in [0.1, 0.15) is 0 Å². The van der Waals surface area contributed by atoms with Crippen LogP contribution in [0.15, 0.2) is 23.1 Å². The second kappa shape index (κ2) is 5.10. The van der Waals surface area contributed by atoms with Crippen LogP contribution in [-0.2, 0) is 20.0 Å². The van der Waals surface area contributed by atoms with Gasteiger partial charge >= 0.3 is 0 Å². The molecule has 0 heterocycles. The number of hydrogen-bond donors (Lipinski definition) is 4. The van der Waals surface area contributed by atoms with Crippen LogP contribution in [-0.4, -0.2) is 34.2 Å². The van der Waals surface area contributed by atoms with Gasteiger partial charge in [0.25, 0.3) is 0 Å². The predicted octanol–water partition coefficient (Wildman–Crippen LogP) is -1.46. The van der Waals surface area contributed by atoms with E-state index in [9.17, 15) is 16.8 Å². The highest BCUT2D eigenvalue weighted by Crippen LogP contribution is 2.22. The number of aromatic hydroxyl groups is 1. The molecule has 18 heavy (non-hydrogen) atoms. The molecule has 0 fully saturated rings. The lowest BCUT2D eigenvalue weighted by molar-refractivity contribution is 0.477. The highest BCUT2D eigenvalue weighted by molar-refractivity contribution is 7.90. The van der Waals surface area contributed by atoms with Crippen LogP contribution in [0.3, 0.4) is 0 Å². The molecule has 8 nitrogen and oxygen atoms in total. The van der Waals surface area contributed by atoms with Gasteiger partial charge in [0.05, 0.1) is 16.3 Å².